The molecular weight excluding hydrogens is 306 g/mol. The Hall–Kier alpha value is -2.56. The standard InChI is InChI=1S/C19H23NO4/c1-12(2)13(3)20-18(21)11-24-19(22)16-9-10-17(23-4)15-8-6-5-7-14(15)16/h5-10,12-13H,11H2,1-4H3,(H,20,21)/t13-/m1/s1. The zero-order chi connectivity index (χ0) is 17.7. The minimum Gasteiger partial charge on any atom is -0.496 e. The van der Waals surface area contributed by atoms with Crippen LogP contribution in [-0.4, -0.2) is 31.6 Å². The van der Waals surface area contributed by atoms with E-state index < -0.39 is 5.97 Å². The van der Waals surface area contributed by atoms with Gasteiger partial charge in [-0.15, -0.1) is 0 Å². The van der Waals surface area contributed by atoms with Gasteiger partial charge in [-0.2, -0.15) is 0 Å². The number of nitrogens with one attached hydrogen (secondary N) is 1. The maximum absolute atomic E-state index is 12.3. The number of hydrogen-bond donors (Lipinski definition) is 1. The van der Waals surface area contributed by atoms with Crippen LogP contribution in [0.25, 0.3) is 10.8 Å². The fraction of sp³-hybridized carbons (Fsp3) is 0.368. The summed E-state index contributed by atoms with van der Waals surface area (Å²) >= 11 is 0. The summed E-state index contributed by atoms with van der Waals surface area (Å²) in [7, 11) is 1.58. The number of ether oxygens (including phenoxy) is 2. The van der Waals surface area contributed by atoms with E-state index >= 15 is 0 Å². The minimum absolute atomic E-state index is 0.0259. The first-order valence-electron chi connectivity index (χ1n) is 7.96. The fourth-order valence-corrected chi connectivity index (χ4v) is 2.30. The van der Waals surface area contributed by atoms with E-state index in [4.69, 9.17) is 9.47 Å². The predicted molar refractivity (Wildman–Crippen MR) is 93.2 cm³/mol. The summed E-state index contributed by atoms with van der Waals surface area (Å²) in [5.41, 5.74) is 0.413. The van der Waals surface area contributed by atoms with Gasteiger partial charge in [0.15, 0.2) is 6.61 Å². The third-order valence-electron chi connectivity index (χ3n) is 4.05. The van der Waals surface area contributed by atoms with E-state index in [1.165, 1.54) is 0 Å². The van der Waals surface area contributed by atoms with Crippen molar-refractivity contribution >= 4 is 22.6 Å². The number of benzene rings is 2. The average molecular weight is 329 g/mol. The highest BCUT2D eigenvalue weighted by Crippen LogP contribution is 2.28. The van der Waals surface area contributed by atoms with Gasteiger partial charge in [-0.1, -0.05) is 38.1 Å². The monoisotopic (exact) mass is 329 g/mol. The molecule has 2 aromatic carbocycles. The Bertz CT molecular complexity index is 739. The topological polar surface area (TPSA) is 64.6 Å². The molecule has 0 saturated carbocycles. The summed E-state index contributed by atoms with van der Waals surface area (Å²) in [6.07, 6.45) is 0. The number of rotatable bonds is 6. The molecule has 0 fully saturated rings. The zero-order valence-corrected chi connectivity index (χ0v) is 14.5. The molecular formula is C19H23NO4. The van der Waals surface area contributed by atoms with E-state index in [0.29, 0.717) is 17.2 Å². The van der Waals surface area contributed by atoms with Gasteiger partial charge in [0, 0.05) is 11.4 Å². The van der Waals surface area contributed by atoms with Crippen molar-refractivity contribution in [2.75, 3.05) is 13.7 Å². The highest BCUT2D eigenvalue weighted by Gasteiger charge is 2.16. The van der Waals surface area contributed by atoms with Crippen molar-refractivity contribution in [3.63, 3.8) is 0 Å². The lowest BCUT2D eigenvalue weighted by atomic mass is 10.0. The summed E-state index contributed by atoms with van der Waals surface area (Å²) < 4.78 is 10.5. The molecule has 5 nitrogen and oxygen atoms in total. The molecule has 0 aromatic heterocycles. The molecule has 0 radical (unpaired) electrons. The summed E-state index contributed by atoms with van der Waals surface area (Å²) in [4.78, 5) is 24.2. The summed E-state index contributed by atoms with van der Waals surface area (Å²) in [5, 5.41) is 4.37. The molecule has 5 heteroatoms. The largest absolute Gasteiger partial charge is 0.496 e. The Balaban J connectivity index is 2.11. The van der Waals surface area contributed by atoms with Crippen LogP contribution < -0.4 is 10.1 Å². The van der Waals surface area contributed by atoms with E-state index in [2.05, 4.69) is 5.32 Å². The van der Waals surface area contributed by atoms with Crippen LogP contribution in [0.1, 0.15) is 31.1 Å². The lowest BCUT2D eigenvalue weighted by Gasteiger charge is -2.17. The van der Waals surface area contributed by atoms with Crippen LogP contribution in [-0.2, 0) is 9.53 Å². The molecule has 0 spiro atoms. The maximum Gasteiger partial charge on any atom is 0.339 e. The second-order valence-electron chi connectivity index (χ2n) is 6.04. The molecule has 0 aliphatic rings. The number of carbonyl (C=O) groups excluding carboxylic acids is 2. The molecule has 24 heavy (non-hydrogen) atoms. The Morgan fingerprint density at radius 3 is 2.33 bits per heavy atom. The maximum atomic E-state index is 12.3. The summed E-state index contributed by atoms with van der Waals surface area (Å²) in [6, 6.07) is 10.8. The molecule has 128 valence electrons. The smallest absolute Gasteiger partial charge is 0.339 e. The Morgan fingerprint density at radius 2 is 1.71 bits per heavy atom. The first-order valence-corrected chi connectivity index (χ1v) is 7.96. The van der Waals surface area contributed by atoms with Gasteiger partial charge < -0.3 is 14.8 Å². The van der Waals surface area contributed by atoms with E-state index in [-0.39, 0.29) is 18.6 Å². The van der Waals surface area contributed by atoms with Gasteiger partial charge in [0.05, 0.1) is 12.7 Å². The normalized spacial score (nSPS) is 12.0. The number of fused-ring (bicyclic) bond motifs is 1. The number of esters is 1. The Labute approximate surface area is 141 Å². The van der Waals surface area contributed by atoms with Crippen molar-refractivity contribution in [3.8, 4) is 5.75 Å². The molecule has 2 rings (SSSR count). The molecule has 0 heterocycles. The average Bonchev–Trinajstić information content (AvgIpc) is 2.58. The molecule has 0 aliphatic heterocycles. The second kappa shape index (κ2) is 7.81. The zero-order valence-electron chi connectivity index (χ0n) is 14.5. The van der Waals surface area contributed by atoms with Crippen LogP contribution in [0.15, 0.2) is 36.4 Å². The van der Waals surface area contributed by atoms with Crippen LogP contribution in [0.4, 0.5) is 0 Å². The van der Waals surface area contributed by atoms with Crippen molar-refractivity contribution in [1.29, 1.82) is 0 Å². The first kappa shape index (κ1) is 17.8. The molecule has 1 amide bonds. The second-order valence-corrected chi connectivity index (χ2v) is 6.04. The highest BCUT2D eigenvalue weighted by molar-refractivity contribution is 6.06. The van der Waals surface area contributed by atoms with Crippen molar-refractivity contribution < 1.29 is 19.1 Å². The van der Waals surface area contributed by atoms with E-state index in [1.54, 1.807) is 19.2 Å². The van der Waals surface area contributed by atoms with E-state index in [0.717, 1.165) is 10.8 Å². The van der Waals surface area contributed by atoms with Gasteiger partial charge >= 0.3 is 5.97 Å². The van der Waals surface area contributed by atoms with Gasteiger partial charge in [-0.3, -0.25) is 4.79 Å². The van der Waals surface area contributed by atoms with Crippen LogP contribution in [0.3, 0.4) is 0 Å². The van der Waals surface area contributed by atoms with Gasteiger partial charge in [-0.05, 0) is 30.4 Å². The molecule has 2 aromatic rings. The number of amides is 1. The first-order chi connectivity index (χ1) is 11.4. The van der Waals surface area contributed by atoms with Crippen LogP contribution in [0.2, 0.25) is 0 Å². The van der Waals surface area contributed by atoms with Crippen molar-refractivity contribution in [1.82, 2.24) is 5.32 Å². The molecule has 0 saturated heterocycles. The van der Waals surface area contributed by atoms with Gasteiger partial charge in [0.1, 0.15) is 5.75 Å². The van der Waals surface area contributed by atoms with Gasteiger partial charge in [0.2, 0.25) is 0 Å². The summed E-state index contributed by atoms with van der Waals surface area (Å²) in [5.74, 6) is 0.171. The third-order valence-corrected chi connectivity index (χ3v) is 4.05. The predicted octanol–water partition coefficient (Wildman–Crippen LogP) is 3.17. The fourth-order valence-electron chi connectivity index (χ4n) is 2.30. The molecule has 1 N–H and O–H groups in total. The highest BCUT2D eigenvalue weighted by atomic mass is 16.5. The van der Waals surface area contributed by atoms with E-state index in [1.807, 2.05) is 45.0 Å². The Kier molecular flexibility index (Phi) is 5.79. The van der Waals surface area contributed by atoms with Gasteiger partial charge in [0.25, 0.3) is 5.91 Å². The molecule has 0 bridgehead atoms. The van der Waals surface area contributed by atoms with Crippen molar-refractivity contribution in [2.45, 2.75) is 26.8 Å². The van der Waals surface area contributed by atoms with Gasteiger partial charge in [-0.25, -0.2) is 4.79 Å². The SMILES string of the molecule is COc1ccc(C(=O)OCC(=O)N[C@H](C)C(C)C)c2ccccc12. The van der Waals surface area contributed by atoms with Crippen molar-refractivity contribution in [3.05, 3.63) is 42.0 Å². The molecule has 1 atom stereocenters. The molecule has 0 aliphatic carbocycles. The third kappa shape index (κ3) is 4.04. The quantitative estimate of drug-likeness (QED) is 0.827. The molecule has 0 unspecified atom stereocenters. The minimum atomic E-state index is -0.527. The lowest BCUT2D eigenvalue weighted by molar-refractivity contribution is -0.125. The number of carbonyl (C=O) groups is 2. The van der Waals surface area contributed by atoms with Crippen LogP contribution in [0.5, 0.6) is 5.75 Å². The summed E-state index contributed by atoms with van der Waals surface area (Å²) in [6.45, 7) is 5.65. The lowest BCUT2D eigenvalue weighted by Crippen LogP contribution is -2.38. The van der Waals surface area contributed by atoms with Crippen LogP contribution >= 0.6 is 0 Å². The Morgan fingerprint density at radius 1 is 1.04 bits per heavy atom. The van der Waals surface area contributed by atoms with Crippen LogP contribution in [0, 0.1) is 5.92 Å². The van der Waals surface area contributed by atoms with Crippen molar-refractivity contribution in [2.24, 2.45) is 5.92 Å². The van der Waals surface area contributed by atoms with E-state index in [9.17, 15) is 9.59 Å². The number of methoxy groups -OCH3 is 1. The number of hydrogen-bond acceptors (Lipinski definition) is 4.